The van der Waals surface area contributed by atoms with Crippen LogP contribution in [0.4, 0.5) is 5.69 Å². The number of non-ortho nitro benzene ring substituents is 1. The van der Waals surface area contributed by atoms with Gasteiger partial charge in [-0.1, -0.05) is 17.3 Å². The summed E-state index contributed by atoms with van der Waals surface area (Å²) in [5, 5.41) is 14.1. The van der Waals surface area contributed by atoms with Crippen molar-refractivity contribution in [1.29, 1.82) is 0 Å². The molecule has 7 nitrogen and oxygen atoms in total. The molecule has 0 spiro atoms. The van der Waals surface area contributed by atoms with Crippen LogP contribution in [0.2, 0.25) is 0 Å². The number of ether oxygens (including phenoxy) is 1. The van der Waals surface area contributed by atoms with E-state index in [1.54, 1.807) is 18.2 Å². The maximum atomic E-state index is 10.7. The number of hydrogen-bond acceptors (Lipinski definition) is 4. The number of nitrogens with zero attached hydrogens (tertiary/aromatic N) is 4. The van der Waals surface area contributed by atoms with Crippen molar-refractivity contribution >= 4 is 11.8 Å². The summed E-state index contributed by atoms with van der Waals surface area (Å²) in [6.45, 7) is 2.68. The standard InChI is InChI=1S/C12H14N4O3/c1-2-19-12-7-6-11(16(17)18)9-10(12)5-3-4-8-14-15-13/h3,5-7,9H,2,4,8H2,1H3. The van der Waals surface area contributed by atoms with Gasteiger partial charge in [0.2, 0.25) is 0 Å². The second-order valence-electron chi connectivity index (χ2n) is 3.56. The van der Waals surface area contributed by atoms with Crippen molar-refractivity contribution in [2.45, 2.75) is 13.3 Å². The van der Waals surface area contributed by atoms with Gasteiger partial charge < -0.3 is 4.74 Å². The Labute approximate surface area is 110 Å². The lowest BCUT2D eigenvalue weighted by atomic mass is 10.1. The van der Waals surface area contributed by atoms with E-state index in [1.807, 2.05) is 6.92 Å². The molecule has 100 valence electrons. The molecule has 0 radical (unpaired) electrons. The van der Waals surface area contributed by atoms with Gasteiger partial charge in [-0.15, -0.1) is 0 Å². The molecular weight excluding hydrogens is 248 g/mol. The number of nitro benzene ring substituents is 1. The fraction of sp³-hybridized carbons (Fsp3) is 0.333. The van der Waals surface area contributed by atoms with Gasteiger partial charge in [-0.3, -0.25) is 10.1 Å². The Morgan fingerprint density at radius 2 is 2.37 bits per heavy atom. The van der Waals surface area contributed by atoms with Crippen LogP contribution in [0.1, 0.15) is 18.9 Å². The zero-order chi connectivity index (χ0) is 14.1. The van der Waals surface area contributed by atoms with Crippen molar-refractivity contribution in [3.8, 4) is 5.75 Å². The molecule has 19 heavy (non-hydrogen) atoms. The highest BCUT2D eigenvalue weighted by Gasteiger charge is 2.09. The van der Waals surface area contributed by atoms with Gasteiger partial charge in [-0.2, -0.15) is 0 Å². The molecule has 0 aromatic heterocycles. The summed E-state index contributed by atoms with van der Waals surface area (Å²) in [6.07, 6.45) is 4.08. The third-order valence-electron chi connectivity index (χ3n) is 2.26. The van der Waals surface area contributed by atoms with Crippen molar-refractivity contribution in [2.75, 3.05) is 13.2 Å². The number of benzene rings is 1. The highest BCUT2D eigenvalue weighted by molar-refractivity contribution is 5.61. The maximum absolute atomic E-state index is 10.7. The largest absolute Gasteiger partial charge is 0.493 e. The van der Waals surface area contributed by atoms with Gasteiger partial charge in [0.15, 0.2) is 0 Å². The van der Waals surface area contributed by atoms with Crippen LogP contribution in [0.25, 0.3) is 16.5 Å². The summed E-state index contributed by atoms with van der Waals surface area (Å²) < 4.78 is 5.39. The minimum absolute atomic E-state index is 0.0122. The van der Waals surface area contributed by atoms with Crippen LogP contribution in [0.15, 0.2) is 29.4 Å². The van der Waals surface area contributed by atoms with E-state index in [2.05, 4.69) is 10.0 Å². The summed E-state index contributed by atoms with van der Waals surface area (Å²) in [5.41, 5.74) is 8.78. The monoisotopic (exact) mass is 262 g/mol. The number of hydrogen-bond donors (Lipinski definition) is 0. The Morgan fingerprint density at radius 1 is 1.58 bits per heavy atom. The highest BCUT2D eigenvalue weighted by atomic mass is 16.6. The van der Waals surface area contributed by atoms with Crippen LogP contribution in [0, 0.1) is 10.1 Å². The lowest BCUT2D eigenvalue weighted by Crippen LogP contribution is -1.95. The minimum atomic E-state index is -0.451. The van der Waals surface area contributed by atoms with Gasteiger partial charge in [0.1, 0.15) is 5.75 Å². The van der Waals surface area contributed by atoms with E-state index < -0.39 is 4.92 Å². The van der Waals surface area contributed by atoms with Crippen molar-refractivity contribution in [3.63, 3.8) is 0 Å². The van der Waals surface area contributed by atoms with E-state index in [4.69, 9.17) is 10.3 Å². The van der Waals surface area contributed by atoms with Gasteiger partial charge >= 0.3 is 0 Å². The molecule has 1 aromatic rings. The average Bonchev–Trinajstić information content (AvgIpc) is 2.40. The number of rotatable bonds is 7. The van der Waals surface area contributed by atoms with E-state index >= 15 is 0 Å². The smallest absolute Gasteiger partial charge is 0.270 e. The lowest BCUT2D eigenvalue weighted by molar-refractivity contribution is -0.384. The Hall–Kier alpha value is -2.53. The molecule has 0 saturated heterocycles. The zero-order valence-corrected chi connectivity index (χ0v) is 10.5. The van der Waals surface area contributed by atoms with Crippen LogP contribution in [-0.4, -0.2) is 18.1 Å². The van der Waals surface area contributed by atoms with Gasteiger partial charge in [0.25, 0.3) is 5.69 Å². The van der Waals surface area contributed by atoms with E-state index in [0.717, 1.165) is 0 Å². The van der Waals surface area contributed by atoms with Gasteiger partial charge in [0.05, 0.1) is 11.5 Å². The maximum Gasteiger partial charge on any atom is 0.270 e. The van der Waals surface area contributed by atoms with Gasteiger partial charge in [-0.25, -0.2) is 0 Å². The van der Waals surface area contributed by atoms with Gasteiger partial charge in [-0.05, 0) is 24.9 Å². The fourth-order valence-electron chi connectivity index (χ4n) is 1.45. The van der Waals surface area contributed by atoms with Crippen LogP contribution >= 0.6 is 0 Å². The van der Waals surface area contributed by atoms with Crippen molar-refractivity contribution in [2.24, 2.45) is 5.11 Å². The summed E-state index contributed by atoms with van der Waals surface area (Å²) in [6, 6.07) is 4.44. The molecule has 0 bridgehead atoms. The first kappa shape index (κ1) is 14.5. The van der Waals surface area contributed by atoms with Gasteiger partial charge in [0, 0.05) is 29.2 Å². The number of nitro groups is 1. The second-order valence-corrected chi connectivity index (χ2v) is 3.56. The summed E-state index contributed by atoms with van der Waals surface area (Å²) in [7, 11) is 0. The molecule has 0 saturated carbocycles. The normalized spacial score (nSPS) is 10.2. The van der Waals surface area contributed by atoms with Crippen molar-refractivity contribution < 1.29 is 9.66 Å². The van der Waals surface area contributed by atoms with Crippen LogP contribution in [0.3, 0.4) is 0 Å². The summed E-state index contributed by atoms with van der Waals surface area (Å²) in [4.78, 5) is 12.9. The van der Waals surface area contributed by atoms with E-state index in [-0.39, 0.29) is 5.69 Å². The molecule has 7 heteroatoms. The third-order valence-corrected chi connectivity index (χ3v) is 2.26. The molecule has 0 amide bonds. The first-order valence-electron chi connectivity index (χ1n) is 5.77. The Kier molecular flexibility index (Phi) is 5.91. The Balaban J connectivity index is 2.90. The van der Waals surface area contributed by atoms with E-state index in [9.17, 15) is 10.1 Å². The molecule has 0 N–H and O–H groups in total. The second kappa shape index (κ2) is 7.73. The molecule has 0 aliphatic carbocycles. The predicted octanol–water partition coefficient (Wildman–Crippen LogP) is 3.71. The first-order chi connectivity index (χ1) is 9.19. The van der Waals surface area contributed by atoms with Crippen LogP contribution in [-0.2, 0) is 0 Å². The first-order valence-corrected chi connectivity index (χ1v) is 5.77. The molecule has 0 atom stereocenters. The average molecular weight is 262 g/mol. The lowest BCUT2D eigenvalue weighted by Gasteiger charge is -2.06. The Morgan fingerprint density at radius 3 is 3.00 bits per heavy atom. The van der Waals surface area contributed by atoms with E-state index in [1.165, 1.54) is 12.1 Å². The molecule has 1 rings (SSSR count). The molecule has 0 fully saturated rings. The van der Waals surface area contributed by atoms with Crippen molar-refractivity contribution in [3.05, 3.63) is 50.4 Å². The van der Waals surface area contributed by atoms with Crippen molar-refractivity contribution in [1.82, 2.24) is 0 Å². The van der Waals surface area contributed by atoms with E-state index in [0.29, 0.717) is 30.9 Å². The van der Waals surface area contributed by atoms with Crippen LogP contribution in [0.5, 0.6) is 5.75 Å². The molecular formula is C12H14N4O3. The zero-order valence-electron chi connectivity index (χ0n) is 10.5. The number of azide groups is 1. The molecule has 1 aromatic carbocycles. The molecule has 0 aliphatic heterocycles. The predicted molar refractivity (Wildman–Crippen MR) is 71.9 cm³/mol. The van der Waals surface area contributed by atoms with Crippen LogP contribution < -0.4 is 4.74 Å². The fourth-order valence-corrected chi connectivity index (χ4v) is 1.45. The Bertz CT molecular complexity index is 522. The minimum Gasteiger partial charge on any atom is -0.493 e. The quantitative estimate of drug-likeness (QED) is 0.187. The topological polar surface area (TPSA) is 101 Å². The summed E-state index contributed by atoms with van der Waals surface area (Å²) in [5.74, 6) is 0.591. The molecule has 0 aliphatic rings. The summed E-state index contributed by atoms with van der Waals surface area (Å²) >= 11 is 0. The molecule has 0 heterocycles. The SMILES string of the molecule is CCOc1ccc([N+](=O)[O-])cc1C=CCCN=[N+]=[N-]. The molecule has 0 unspecified atom stereocenters. The highest BCUT2D eigenvalue weighted by Crippen LogP contribution is 2.25. The third kappa shape index (κ3) is 4.69.